The van der Waals surface area contributed by atoms with Crippen molar-refractivity contribution >= 4 is 17.7 Å². The molecule has 0 aliphatic heterocycles. The minimum Gasteiger partial charge on any atom is -0.329 e. The summed E-state index contributed by atoms with van der Waals surface area (Å²) < 4.78 is 0. The SMILES string of the molecule is CC(C)(C)/C=C(\c1cn[nH]c1)c1cccc(NC=O)c1. The Labute approximate surface area is 118 Å². The number of anilines is 1. The quantitative estimate of drug-likeness (QED) is 0.835. The summed E-state index contributed by atoms with van der Waals surface area (Å²) >= 11 is 0. The Hall–Kier alpha value is -2.36. The number of hydrogen-bond acceptors (Lipinski definition) is 2. The van der Waals surface area contributed by atoms with Gasteiger partial charge in [-0.15, -0.1) is 0 Å². The van der Waals surface area contributed by atoms with Crippen molar-refractivity contribution in [1.82, 2.24) is 10.2 Å². The fourth-order valence-corrected chi connectivity index (χ4v) is 2.01. The highest BCUT2D eigenvalue weighted by atomic mass is 16.1. The number of nitrogens with zero attached hydrogens (tertiary/aromatic N) is 1. The third-order valence-corrected chi connectivity index (χ3v) is 2.79. The van der Waals surface area contributed by atoms with Gasteiger partial charge in [-0.1, -0.05) is 39.0 Å². The molecule has 2 N–H and O–H groups in total. The Bertz CT molecular complexity index is 607. The Kier molecular flexibility index (Phi) is 4.03. The van der Waals surface area contributed by atoms with Crippen LogP contribution >= 0.6 is 0 Å². The molecule has 0 saturated carbocycles. The second kappa shape index (κ2) is 5.74. The maximum Gasteiger partial charge on any atom is 0.211 e. The van der Waals surface area contributed by atoms with E-state index in [9.17, 15) is 4.79 Å². The summed E-state index contributed by atoms with van der Waals surface area (Å²) in [6.45, 7) is 6.46. The number of rotatable bonds is 4. The van der Waals surface area contributed by atoms with Gasteiger partial charge in [0.1, 0.15) is 0 Å². The zero-order valence-corrected chi connectivity index (χ0v) is 12.0. The van der Waals surface area contributed by atoms with Crippen LogP contribution in [0.3, 0.4) is 0 Å². The summed E-state index contributed by atoms with van der Waals surface area (Å²) in [6.07, 6.45) is 6.57. The zero-order valence-electron chi connectivity index (χ0n) is 12.0. The Morgan fingerprint density at radius 1 is 1.30 bits per heavy atom. The Morgan fingerprint density at radius 2 is 2.10 bits per heavy atom. The number of aromatic nitrogens is 2. The average molecular weight is 269 g/mol. The van der Waals surface area contributed by atoms with E-state index in [-0.39, 0.29) is 5.41 Å². The van der Waals surface area contributed by atoms with Crippen molar-refractivity contribution in [2.24, 2.45) is 5.41 Å². The van der Waals surface area contributed by atoms with Crippen molar-refractivity contribution in [1.29, 1.82) is 0 Å². The van der Waals surface area contributed by atoms with Crippen molar-refractivity contribution < 1.29 is 4.79 Å². The first-order valence-electron chi connectivity index (χ1n) is 6.52. The number of benzene rings is 1. The molecule has 0 bridgehead atoms. The summed E-state index contributed by atoms with van der Waals surface area (Å²) in [4.78, 5) is 10.6. The molecule has 2 aromatic rings. The van der Waals surface area contributed by atoms with Crippen LogP contribution in [0.5, 0.6) is 0 Å². The normalized spacial score (nSPS) is 12.2. The predicted molar refractivity (Wildman–Crippen MR) is 81.3 cm³/mol. The first-order valence-corrected chi connectivity index (χ1v) is 6.52. The Morgan fingerprint density at radius 3 is 2.70 bits per heavy atom. The molecule has 0 spiro atoms. The molecule has 1 heterocycles. The van der Waals surface area contributed by atoms with Crippen LogP contribution in [-0.4, -0.2) is 16.6 Å². The van der Waals surface area contributed by atoms with Gasteiger partial charge in [-0.05, 0) is 28.7 Å². The molecule has 1 aromatic heterocycles. The van der Waals surface area contributed by atoms with Crippen LogP contribution in [0.4, 0.5) is 5.69 Å². The molecule has 0 aliphatic rings. The summed E-state index contributed by atoms with van der Waals surface area (Å²) in [6, 6.07) is 7.78. The summed E-state index contributed by atoms with van der Waals surface area (Å²) in [5.41, 5.74) is 4.00. The first kappa shape index (κ1) is 14.1. The van der Waals surface area contributed by atoms with Gasteiger partial charge >= 0.3 is 0 Å². The second-order valence-corrected chi connectivity index (χ2v) is 5.75. The molecule has 4 heteroatoms. The second-order valence-electron chi connectivity index (χ2n) is 5.75. The third-order valence-electron chi connectivity index (χ3n) is 2.79. The number of aromatic amines is 1. The molecule has 2 rings (SSSR count). The summed E-state index contributed by atoms with van der Waals surface area (Å²) in [5.74, 6) is 0. The van der Waals surface area contributed by atoms with E-state index in [4.69, 9.17) is 0 Å². The number of allylic oxidation sites excluding steroid dienone is 1. The number of carbonyl (C=O) groups excluding carboxylic acids is 1. The van der Waals surface area contributed by atoms with Crippen LogP contribution in [-0.2, 0) is 4.79 Å². The van der Waals surface area contributed by atoms with Crippen LogP contribution < -0.4 is 5.32 Å². The molecular formula is C16H19N3O. The monoisotopic (exact) mass is 269 g/mol. The van der Waals surface area contributed by atoms with Crippen molar-refractivity contribution in [3.8, 4) is 0 Å². The van der Waals surface area contributed by atoms with Gasteiger partial charge in [0.2, 0.25) is 6.41 Å². The van der Waals surface area contributed by atoms with Crippen LogP contribution in [0.15, 0.2) is 42.7 Å². The minimum atomic E-state index is 0.0424. The number of amides is 1. The molecule has 4 nitrogen and oxygen atoms in total. The highest BCUT2D eigenvalue weighted by molar-refractivity contribution is 5.82. The zero-order chi connectivity index (χ0) is 14.6. The fourth-order valence-electron chi connectivity index (χ4n) is 2.01. The molecule has 0 saturated heterocycles. The van der Waals surface area contributed by atoms with Gasteiger partial charge in [0.05, 0.1) is 6.20 Å². The van der Waals surface area contributed by atoms with E-state index in [2.05, 4.69) is 42.4 Å². The minimum absolute atomic E-state index is 0.0424. The third kappa shape index (κ3) is 3.57. The van der Waals surface area contributed by atoms with E-state index in [0.29, 0.717) is 6.41 Å². The van der Waals surface area contributed by atoms with Crippen LogP contribution in [0.25, 0.3) is 5.57 Å². The molecule has 104 valence electrons. The molecule has 0 unspecified atom stereocenters. The Balaban J connectivity index is 2.50. The van der Waals surface area contributed by atoms with Crippen molar-refractivity contribution in [3.63, 3.8) is 0 Å². The molecule has 0 aliphatic carbocycles. The topological polar surface area (TPSA) is 57.8 Å². The van der Waals surface area contributed by atoms with Crippen molar-refractivity contribution in [3.05, 3.63) is 53.9 Å². The highest BCUT2D eigenvalue weighted by Crippen LogP contribution is 2.30. The molecule has 0 atom stereocenters. The van der Waals surface area contributed by atoms with Crippen LogP contribution in [0, 0.1) is 5.41 Å². The van der Waals surface area contributed by atoms with Crippen LogP contribution in [0.2, 0.25) is 0 Å². The predicted octanol–water partition coefficient (Wildman–Crippen LogP) is 3.46. The van der Waals surface area contributed by atoms with Gasteiger partial charge in [-0.2, -0.15) is 5.10 Å². The van der Waals surface area contributed by atoms with E-state index in [1.807, 2.05) is 30.5 Å². The lowest BCUT2D eigenvalue weighted by atomic mass is 9.88. The molecule has 0 radical (unpaired) electrons. The van der Waals surface area contributed by atoms with E-state index in [1.165, 1.54) is 0 Å². The lowest BCUT2D eigenvalue weighted by Crippen LogP contribution is -2.02. The van der Waals surface area contributed by atoms with E-state index in [1.54, 1.807) is 6.20 Å². The summed E-state index contributed by atoms with van der Waals surface area (Å²) in [7, 11) is 0. The largest absolute Gasteiger partial charge is 0.329 e. The maximum absolute atomic E-state index is 10.6. The van der Waals surface area contributed by atoms with E-state index < -0.39 is 0 Å². The average Bonchev–Trinajstić information content (AvgIpc) is 2.89. The van der Waals surface area contributed by atoms with Gasteiger partial charge in [-0.25, -0.2) is 0 Å². The number of H-pyrrole nitrogens is 1. The number of carbonyl (C=O) groups is 1. The van der Waals surface area contributed by atoms with E-state index in [0.717, 1.165) is 22.4 Å². The summed E-state index contributed by atoms with van der Waals surface area (Å²) in [5, 5.41) is 9.54. The number of hydrogen-bond donors (Lipinski definition) is 2. The lowest BCUT2D eigenvalue weighted by Gasteiger charge is -2.16. The highest BCUT2D eigenvalue weighted by Gasteiger charge is 2.13. The van der Waals surface area contributed by atoms with E-state index >= 15 is 0 Å². The molecule has 0 fully saturated rings. The smallest absolute Gasteiger partial charge is 0.211 e. The van der Waals surface area contributed by atoms with Crippen molar-refractivity contribution in [2.75, 3.05) is 5.32 Å². The fraction of sp³-hybridized carbons (Fsp3) is 0.250. The van der Waals surface area contributed by atoms with Crippen molar-refractivity contribution in [2.45, 2.75) is 20.8 Å². The van der Waals surface area contributed by atoms with Gasteiger partial charge in [0.15, 0.2) is 0 Å². The van der Waals surface area contributed by atoms with Gasteiger partial charge in [0.25, 0.3) is 0 Å². The van der Waals surface area contributed by atoms with Gasteiger partial charge < -0.3 is 5.32 Å². The molecule has 20 heavy (non-hydrogen) atoms. The maximum atomic E-state index is 10.6. The first-order chi connectivity index (χ1) is 9.49. The lowest BCUT2D eigenvalue weighted by molar-refractivity contribution is -0.105. The van der Waals surface area contributed by atoms with Gasteiger partial charge in [0, 0.05) is 17.4 Å². The van der Waals surface area contributed by atoms with Crippen LogP contribution in [0.1, 0.15) is 31.9 Å². The van der Waals surface area contributed by atoms with Gasteiger partial charge in [-0.3, -0.25) is 9.89 Å². The standard InChI is InChI=1S/C16H19N3O/c1-16(2,3)8-15(13-9-18-19-10-13)12-5-4-6-14(7-12)17-11-20/h4-11H,1-3H3,(H,17,20)(H,18,19)/b15-8-. The molecule has 1 amide bonds. The molecule has 1 aromatic carbocycles. The molecular weight excluding hydrogens is 250 g/mol. The number of nitrogens with one attached hydrogen (secondary N) is 2.